The lowest BCUT2D eigenvalue weighted by atomic mass is 10.5. The van der Waals surface area contributed by atoms with Crippen molar-refractivity contribution in [3.8, 4) is 0 Å². The van der Waals surface area contributed by atoms with Gasteiger partial charge in [0.2, 0.25) is 0 Å². The Balaban J connectivity index is 0. The average Bonchev–Trinajstić information content (AvgIpc) is 2.04. The molecule has 11 heavy (non-hydrogen) atoms. The lowest BCUT2D eigenvalue weighted by Gasteiger charge is -1.84. The van der Waals surface area contributed by atoms with Crippen LogP contribution in [0.3, 0.4) is 0 Å². The Morgan fingerprint density at radius 2 is 1.82 bits per heavy atom. The summed E-state index contributed by atoms with van der Waals surface area (Å²) in [4.78, 5) is 18.7. The lowest BCUT2D eigenvalue weighted by Crippen LogP contribution is -1.86. The van der Waals surface area contributed by atoms with E-state index in [2.05, 4.69) is 4.74 Å². The van der Waals surface area contributed by atoms with E-state index in [-0.39, 0.29) is 13.0 Å². The molecule has 1 N–H and O–H groups in total. The highest BCUT2D eigenvalue weighted by Gasteiger charge is 1.74. The van der Waals surface area contributed by atoms with E-state index in [1.165, 1.54) is 0 Å². The van der Waals surface area contributed by atoms with Gasteiger partial charge in [-0.05, 0) is 0 Å². The van der Waals surface area contributed by atoms with Crippen LogP contribution in [0.25, 0.3) is 0 Å². The third-order valence-corrected chi connectivity index (χ3v) is 0.687. The minimum absolute atomic E-state index is 0.0243. The predicted octanol–water partition coefficient (Wildman–Crippen LogP) is -0.210. The van der Waals surface area contributed by atoms with Gasteiger partial charge in [0.25, 0.3) is 0 Å². The monoisotopic (exact) mass is 162 g/mol. The molecule has 0 heterocycles. The first kappa shape index (κ1) is 12.9. The van der Waals surface area contributed by atoms with Gasteiger partial charge in [0.05, 0.1) is 6.61 Å². The second-order valence-electron chi connectivity index (χ2n) is 1.63. The molecule has 0 rings (SSSR count). The Kier molecular flexibility index (Phi) is 18.9. The molecule has 0 spiro atoms. The predicted molar refractivity (Wildman–Crippen MR) is 40.3 cm³/mol. The molecular weight excluding hydrogens is 148 g/mol. The molecule has 0 atom stereocenters. The van der Waals surface area contributed by atoms with E-state index >= 15 is 0 Å². The summed E-state index contributed by atoms with van der Waals surface area (Å²) in [5.41, 5.74) is 0. The molecule has 0 aromatic heterocycles. The van der Waals surface area contributed by atoms with E-state index in [0.29, 0.717) is 19.3 Å². The topological polar surface area (TPSA) is 63.6 Å². The molecule has 0 amide bonds. The normalized spacial score (nSPS) is 7.82. The summed E-state index contributed by atoms with van der Waals surface area (Å²) in [6.07, 6.45) is 2.29. The second-order valence-corrected chi connectivity index (χ2v) is 1.63. The highest BCUT2D eigenvalue weighted by atomic mass is 16.5. The van der Waals surface area contributed by atoms with Gasteiger partial charge in [-0.15, -0.1) is 0 Å². The first-order chi connectivity index (χ1) is 5.33. The quantitative estimate of drug-likeness (QED) is 0.448. The van der Waals surface area contributed by atoms with Gasteiger partial charge in [0, 0.05) is 26.6 Å². The molecule has 0 fully saturated rings. The Morgan fingerprint density at radius 3 is 1.91 bits per heavy atom. The summed E-state index contributed by atoms with van der Waals surface area (Å²) in [5, 5.41) is 7.84. The van der Waals surface area contributed by atoms with Crippen molar-refractivity contribution in [2.24, 2.45) is 0 Å². The molecular formula is C7H14O4. The zero-order valence-corrected chi connectivity index (χ0v) is 6.66. The fourth-order valence-corrected chi connectivity index (χ4v) is 0.219. The first-order valence-corrected chi connectivity index (χ1v) is 3.30. The summed E-state index contributed by atoms with van der Waals surface area (Å²) < 4.78 is 4.55. The Hall–Kier alpha value is -0.740. The molecule has 0 saturated carbocycles. The van der Waals surface area contributed by atoms with E-state index in [4.69, 9.17) is 5.11 Å². The van der Waals surface area contributed by atoms with Crippen molar-refractivity contribution in [1.29, 1.82) is 0 Å². The van der Waals surface area contributed by atoms with Gasteiger partial charge < -0.3 is 19.4 Å². The van der Waals surface area contributed by atoms with Crippen LogP contribution >= 0.6 is 0 Å². The molecule has 0 aliphatic heterocycles. The minimum Gasteiger partial charge on any atom is -0.396 e. The van der Waals surface area contributed by atoms with Crippen molar-refractivity contribution in [3.63, 3.8) is 0 Å². The standard InChI is InChI=1S/C4H8O2.C3H6O2/c1-6-4-2-3-5;4-2-1-3-5/h3H,2,4H2,1H3;2,5H,1,3H2. The Labute approximate surface area is 66.2 Å². The van der Waals surface area contributed by atoms with Gasteiger partial charge in [-0.1, -0.05) is 0 Å². The van der Waals surface area contributed by atoms with E-state index in [1.807, 2.05) is 0 Å². The summed E-state index contributed by atoms with van der Waals surface area (Å²) >= 11 is 0. The van der Waals surface area contributed by atoms with E-state index in [0.717, 1.165) is 6.29 Å². The molecule has 66 valence electrons. The zero-order chi connectivity index (χ0) is 8.95. The molecule has 0 radical (unpaired) electrons. The van der Waals surface area contributed by atoms with Crippen LogP contribution in [0.2, 0.25) is 0 Å². The van der Waals surface area contributed by atoms with Crippen LogP contribution in [-0.4, -0.2) is 38.0 Å². The molecule has 0 aliphatic rings. The maximum Gasteiger partial charge on any atom is 0.122 e. The van der Waals surface area contributed by atoms with Gasteiger partial charge in [0.15, 0.2) is 0 Å². The van der Waals surface area contributed by atoms with Gasteiger partial charge in [-0.25, -0.2) is 0 Å². The molecule has 0 aromatic rings. The van der Waals surface area contributed by atoms with Crippen LogP contribution < -0.4 is 0 Å². The van der Waals surface area contributed by atoms with Crippen molar-refractivity contribution < 1.29 is 19.4 Å². The third-order valence-electron chi connectivity index (χ3n) is 0.687. The van der Waals surface area contributed by atoms with E-state index in [1.54, 1.807) is 7.11 Å². The van der Waals surface area contributed by atoms with Crippen LogP contribution in [0.1, 0.15) is 12.8 Å². The van der Waals surface area contributed by atoms with Crippen molar-refractivity contribution in [1.82, 2.24) is 0 Å². The number of hydrogen-bond acceptors (Lipinski definition) is 4. The number of carbonyl (C=O) groups is 2. The molecule has 0 saturated heterocycles. The van der Waals surface area contributed by atoms with Crippen LogP contribution in [-0.2, 0) is 14.3 Å². The van der Waals surface area contributed by atoms with E-state index < -0.39 is 0 Å². The van der Waals surface area contributed by atoms with Crippen LogP contribution in [0.5, 0.6) is 0 Å². The van der Waals surface area contributed by atoms with Crippen LogP contribution in [0, 0.1) is 0 Å². The average molecular weight is 162 g/mol. The summed E-state index contributed by atoms with van der Waals surface area (Å²) in [7, 11) is 1.57. The number of carbonyl (C=O) groups excluding carboxylic acids is 2. The second kappa shape index (κ2) is 16.1. The molecule has 0 aromatic carbocycles. The van der Waals surface area contributed by atoms with Crippen molar-refractivity contribution in [3.05, 3.63) is 0 Å². The number of ether oxygens (including phenoxy) is 1. The zero-order valence-electron chi connectivity index (χ0n) is 6.66. The third kappa shape index (κ3) is 26.9. The smallest absolute Gasteiger partial charge is 0.122 e. The molecule has 0 aliphatic carbocycles. The van der Waals surface area contributed by atoms with Crippen molar-refractivity contribution in [2.75, 3.05) is 20.3 Å². The Bertz CT molecular complexity index is 82.5. The van der Waals surface area contributed by atoms with Gasteiger partial charge in [0.1, 0.15) is 12.6 Å². The SMILES string of the molecule is COCCC=O.O=CCCO. The molecule has 4 nitrogen and oxygen atoms in total. The van der Waals surface area contributed by atoms with Crippen molar-refractivity contribution >= 4 is 12.6 Å². The number of aldehydes is 2. The van der Waals surface area contributed by atoms with Gasteiger partial charge in [-0.2, -0.15) is 0 Å². The minimum atomic E-state index is -0.0243. The summed E-state index contributed by atoms with van der Waals surface area (Å²) in [6, 6.07) is 0. The van der Waals surface area contributed by atoms with Gasteiger partial charge >= 0.3 is 0 Å². The highest BCUT2D eigenvalue weighted by Crippen LogP contribution is 1.68. The first-order valence-electron chi connectivity index (χ1n) is 3.30. The van der Waals surface area contributed by atoms with Crippen LogP contribution in [0.15, 0.2) is 0 Å². The fraction of sp³-hybridized carbons (Fsp3) is 0.714. The number of aliphatic hydroxyl groups is 1. The maximum atomic E-state index is 9.48. The number of hydrogen-bond donors (Lipinski definition) is 1. The highest BCUT2D eigenvalue weighted by molar-refractivity contribution is 5.49. The van der Waals surface area contributed by atoms with Crippen molar-refractivity contribution in [2.45, 2.75) is 12.8 Å². The molecule has 4 heteroatoms. The summed E-state index contributed by atoms with van der Waals surface area (Å²) in [6.45, 7) is 0.521. The molecule has 0 unspecified atom stereocenters. The van der Waals surface area contributed by atoms with Crippen LogP contribution in [0.4, 0.5) is 0 Å². The number of methoxy groups -OCH3 is 1. The van der Waals surface area contributed by atoms with Gasteiger partial charge in [-0.3, -0.25) is 0 Å². The maximum absolute atomic E-state index is 9.48. The largest absolute Gasteiger partial charge is 0.396 e. The number of aliphatic hydroxyl groups excluding tert-OH is 1. The molecule has 0 bridgehead atoms. The Morgan fingerprint density at radius 1 is 1.27 bits per heavy atom. The van der Waals surface area contributed by atoms with E-state index in [9.17, 15) is 9.59 Å². The summed E-state index contributed by atoms with van der Waals surface area (Å²) in [5.74, 6) is 0. The number of rotatable bonds is 5. The fourth-order valence-electron chi connectivity index (χ4n) is 0.219. The lowest BCUT2D eigenvalue weighted by molar-refractivity contribution is -0.109.